The molecule has 5 rings (SSSR count). The maximum atomic E-state index is 13.3. The largest absolute Gasteiger partial charge is 0.455 e. The molecule has 0 saturated carbocycles. The van der Waals surface area contributed by atoms with E-state index < -0.39 is 0 Å². The molecular weight excluding hydrogens is 424 g/mol. The number of benzene rings is 1. The van der Waals surface area contributed by atoms with Crippen LogP contribution in [0.15, 0.2) is 34.9 Å². The van der Waals surface area contributed by atoms with Gasteiger partial charge in [-0.3, -0.25) is 14.4 Å². The molecule has 2 aliphatic rings. The number of aryl methyl sites for hydroxylation is 2. The number of piperazine rings is 1. The molecule has 1 saturated heterocycles. The number of furan rings is 1. The monoisotopic (exact) mass is 452 g/mol. The molecule has 0 bridgehead atoms. The molecule has 6 nitrogen and oxygen atoms in total. The average molecular weight is 453 g/mol. The first-order chi connectivity index (χ1) is 15.5. The van der Waals surface area contributed by atoms with E-state index in [-0.39, 0.29) is 5.91 Å². The van der Waals surface area contributed by atoms with Crippen LogP contribution in [0.4, 0.5) is 0 Å². The van der Waals surface area contributed by atoms with Crippen LogP contribution < -0.4 is 0 Å². The molecule has 0 unspecified atom stereocenters. The molecule has 1 fully saturated rings. The van der Waals surface area contributed by atoms with Gasteiger partial charge >= 0.3 is 0 Å². The number of halogens is 1. The van der Waals surface area contributed by atoms with Crippen molar-refractivity contribution in [2.45, 2.75) is 39.7 Å². The molecule has 1 aromatic carbocycles. The summed E-state index contributed by atoms with van der Waals surface area (Å²) in [5, 5.41) is 5.61. The Labute approximate surface area is 193 Å². The van der Waals surface area contributed by atoms with E-state index in [0.29, 0.717) is 12.3 Å². The van der Waals surface area contributed by atoms with E-state index in [1.54, 1.807) is 0 Å². The van der Waals surface area contributed by atoms with Gasteiger partial charge in [-0.2, -0.15) is 5.10 Å². The molecule has 1 aliphatic carbocycles. The van der Waals surface area contributed by atoms with E-state index in [1.165, 1.54) is 5.56 Å². The molecule has 1 aliphatic heterocycles. The number of nitrogens with zero attached hydrogens (tertiary/aromatic N) is 4. The summed E-state index contributed by atoms with van der Waals surface area (Å²) in [7, 11) is 0. The Bertz CT molecular complexity index is 1140. The lowest BCUT2D eigenvalue weighted by Gasteiger charge is -2.34. The minimum absolute atomic E-state index is 0.00472. The highest BCUT2D eigenvalue weighted by Crippen LogP contribution is 2.39. The number of aromatic nitrogens is 2. The van der Waals surface area contributed by atoms with E-state index in [9.17, 15) is 4.79 Å². The lowest BCUT2D eigenvalue weighted by Crippen LogP contribution is -2.48. The summed E-state index contributed by atoms with van der Waals surface area (Å²) in [6, 6.07) is 7.85. The lowest BCUT2D eigenvalue weighted by molar-refractivity contribution is 0.0604. The van der Waals surface area contributed by atoms with Gasteiger partial charge in [0.15, 0.2) is 5.76 Å². The van der Waals surface area contributed by atoms with Crippen molar-refractivity contribution < 1.29 is 9.21 Å². The van der Waals surface area contributed by atoms with E-state index in [0.717, 1.165) is 85.2 Å². The Morgan fingerprint density at radius 3 is 2.69 bits per heavy atom. The van der Waals surface area contributed by atoms with Crippen LogP contribution in [-0.4, -0.2) is 58.2 Å². The van der Waals surface area contributed by atoms with Gasteiger partial charge in [0, 0.05) is 54.9 Å². The van der Waals surface area contributed by atoms with Gasteiger partial charge in [0.2, 0.25) is 0 Å². The van der Waals surface area contributed by atoms with E-state index >= 15 is 0 Å². The van der Waals surface area contributed by atoms with Crippen LogP contribution in [0.5, 0.6) is 0 Å². The molecule has 0 radical (unpaired) electrons. The Morgan fingerprint density at radius 1 is 1.16 bits per heavy atom. The van der Waals surface area contributed by atoms with Gasteiger partial charge in [0.05, 0.1) is 12.2 Å². The van der Waals surface area contributed by atoms with Crippen molar-refractivity contribution in [1.29, 1.82) is 0 Å². The summed E-state index contributed by atoms with van der Waals surface area (Å²) in [5.74, 6) is 1.36. The number of carbonyl (C=O) groups is 1. The fraction of sp³-hybridized carbons (Fsp3) is 0.440. The molecule has 1 amide bonds. The highest BCUT2D eigenvalue weighted by atomic mass is 35.5. The SMILES string of the molecule is CCCN1CCN(C(=O)c2oc3c(c2C)-c2nn(Cc4ccccc4Cl)cc2CC3)CC1. The highest BCUT2D eigenvalue weighted by molar-refractivity contribution is 6.31. The van der Waals surface area contributed by atoms with Gasteiger partial charge in [0.1, 0.15) is 5.76 Å². The summed E-state index contributed by atoms with van der Waals surface area (Å²) in [6.07, 6.45) is 4.89. The zero-order chi connectivity index (χ0) is 22.2. The van der Waals surface area contributed by atoms with Crippen molar-refractivity contribution in [2.24, 2.45) is 0 Å². The van der Waals surface area contributed by atoms with Crippen LogP contribution in [0, 0.1) is 6.92 Å². The third kappa shape index (κ3) is 3.86. The van der Waals surface area contributed by atoms with Crippen LogP contribution in [-0.2, 0) is 19.4 Å². The van der Waals surface area contributed by atoms with Crippen LogP contribution in [0.3, 0.4) is 0 Å². The minimum atomic E-state index is 0.00472. The molecule has 0 N–H and O–H groups in total. The van der Waals surface area contributed by atoms with Gasteiger partial charge < -0.3 is 9.32 Å². The first kappa shape index (κ1) is 21.3. The molecule has 0 atom stereocenters. The molecule has 7 heteroatoms. The van der Waals surface area contributed by atoms with Crippen molar-refractivity contribution in [3.8, 4) is 11.3 Å². The van der Waals surface area contributed by atoms with Crippen molar-refractivity contribution >= 4 is 17.5 Å². The van der Waals surface area contributed by atoms with Gasteiger partial charge in [-0.05, 0) is 43.5 Å². The zero-order valence-electron chi connectivity index (χ0n) is 18.7. The first-order valence-corrected chi connectivity index (χ1v) is 11.9. The molecule has 32 heavy (non-hydrogen) atoms. The molecule has 168 valence electrons. The number of rotatable bonds is 5. The topological polar surface area (TPSA) is 54.5 Å². The van der Waals surface area contributed by atoms with E-state index in [2.05, 4.69) is 18.0 Å². The summed E-state index contributed by atoms with van der Waals surface area (Å²) in [5.41, 5.74) is 5.07. The fourth-order valence-corrected chi connectivity index (χ4v) is 5.08. The summed E-state index contributed by atoms with van der Waals surface area (Å²) in [4.78, 5) is 17.6. The second-order valence-corrected chi connectivity index (χ2v) is 9.19. The third-order valence-electron chi connectivity index (χ3n) is 6.60. The smallest absolute Gasteiger partial charge is 0.289 e. The predicted molar refractivity (Wildman–Crippen MR) is 125 cm³/mol. The van der Waals surface area contributed by atoms with Crippen LogP contribution in [0.1, 0.15) is 46.3 Å². The number of fused-ring (bicyclic) bond motifs is 3. The van der Waals surface area contributed by atoms with E-state index in [4.69, 9.17) is 21.1 Å². The molecule has 0 spiro atoms. The number of carbonyl (C=O) groups excluding carboxylic acids is 1. The van der Waals surface area contributed by atoms with Gasteiger partial charge in [-0.25, -0.2) is 0 Å². The highest BCUT2D eigenvalue weighted by Gasteiger charge is 2.32. The van der Waals surface area contributed by atoms with Crippen LogP contribution in [0.25, 0.3) is 11.3 Å². The Hall–Kier alpha value is -2.57. The summed E-state index contributed by atoms with van der Waals surface area (Å²) < 4.78 is 8.10. The fourth-order valence-electron chi connectivity index (χ4n) is 4.88. The second kappa shape index (κ2) is 8.75. The van der Waals surface area contributed by atoms with Crippen molar-refractivity contribution in [2.75, 3.05) is 32.7 Å². The third-order valence-corrected chi connectivity index (χ3v) is 6.97. The Kier molecular flexibility index (Phi) is 5.82. The van der Waals surface area contributed by atoms with Crippen LogP contribution in [0.2, 0.25) is 5.02 Å². The molecule has 3 heterocycles. The normalized spacial score (nSPS) is 16.2. The first-order valence-electron chi connectivity index (χ1n) is 11.5. The number of amides is 1. The zero-order valence-corrected chi connectivity index (χ0v) is 19.5. The summed E-state index contributed by atoms with van der Waals surface area (Å²) >= 11 is 6.34. The quantitative estimate of drug-likeness (QED) is 0.575. The molecule has 3 aromatic rings. The van der Waals surface area contributed by atoms with Crippen molar-refractivity contribution in [1.82, 2.24) is 19.6 Å². The number of hydrogen-bond donors (Lipinski definition) is 0. The van der Waals surface area contributed by atoms with Gasteiger partial charge in [0.25, 0.3) is 5.91 Å². The lowest BCUT2D eigenvalue weighted by atomic mass is 9.93. The summed E-state index contributed by atoms with van der Waals surface area (Å²) in [6.45, 7) is 9.25. The van der Waals surface area contributed by atoms with Gasteiger partial charge in [-0.1, -0.05) is 36.7 Å². The van der Waals surface area contributed by atoms with E-state index in [1.807, 2.05) is 40.8 Å². The van der Waals surface area contributed by atoms with Crippen LogP contribution >= 0.6 is 11.6 Å². The average Bonchev–Trinajstić information content (AvgIpc) is 3.36. The Morgan fingerprint density at radius 2 is 1.94 bits per heavy atom. The standard InChI is InChI=1S/C25H29ClN4O2/c1-3-10-28-11-13-29(14-12-28)25(31)24-17(2)22-21(32-24)9-8-19-16-30(27-23(19)22)15-18-6-4-5-7-20(18)26/h4-7,16H,3,8-15H2,1-2H3. The predicted octanol–water partition coefficient (Wildman–Crippen LogP) is 4.42. The molecular formula is C25H29ClN4O2. The Balaban J connectivity index is 1.39. The minimum Gasteiger partial charge on any atom is -0.455 e. The maximum Gasteiger partial charge on any atom is 0.289 e. The molecule has 2 aromatic heterocycles. The second-order valence-electron chi connectivity index (χ2n) is 8.78. The van der Waals surface area contributed by atoms with Crippen molar-refractivity contribution in [3.63, 3.8) is 0 Å². The number of hydrogen-bond acceptors (Lipinski definition) is 4. The maximum absolute atomic E-state index is 13.3. The van der Waals surface area contributed by atoms with Crippen molar-refractivity contribution in [3.05, 3.63) is 63.7 Å². The van der Waals surface area contributed by atoms with Gasteiger partial charge in [-0.15, -0.1) is 0 Å².